The van der Waals surface area contributed by atoms with E-state index in [4.69, 9.17) is 6.57 Å². The van der Waals surface area contributed by atoms with Crippen molar-refractivity contribution >= 4 is 70.8 Å². The van der Waals surface area contributed by atoms with E-state index in [0.717, 1.165) is 65.8 Å². The zero-order chi connectivity index (χ0) is 29.4. The van der Waals surface area contributed by atoms with Crippen LogP contribution in [-0.4, -0.2) is 9.13 Å². The summed E-state index contributed by atoms with van der Waals surface area (Å²) >= 11 is 0. The van der Waals surface area contributed by atoms with Gasteiger partial charge in [-0.2, -0.15) is 5.26 Å². The number of hydrogen-bond donors (Lipinski definition) is 0. The van der Waals surface area contributed by atoms with E-state index in [0.29, 0.717) is 11.3 Å². The number of nitrogens with zero attached hydrogens (tertiary/aromatic N) is 4. The maximum atomic E-state index is 10.5. The molecule has 0 amide bonds. The molecule has 4 heteroatoms. The minimum Gasteiger partial charge on any atom is -0.319 e. The summed E-state index contributed by atoms with van der Waals surface area (Å²) in [5.74, 6) is 0. The van der Waals surface area contributed by atoms with Gasteiger partial charge in [-0.1, -0.05) is 84.9 Å². The van der Waals surface area contributed by atoms with Gasteiger partial charge in [-0.25, -0.2) is 4.85 Å². The third-order valence-corrected chi connectivity index (χ3v) is 8.90. The molecule has 0 N–H and O–H groups in total. The summed E-state index contributed by atoms with van der Waals surface area (Å²) in [6, 6.07) is 48.5. The fourth-order valence-electron chi connectivity index (χ4n) is 6.94. The molecule has 0 aliphatic carbocycles. The Balaban J connectivity index is 1.44. The highest BCUT2D eigenvalue weighted by Gasteiger charge is 2.21. The van der Waals surface area contributed by atoms with Crippen LogP contribution in [0, 0.1) is 17.9 Å². The van der Waals surface area contributed by atoms with E-state index in [-0.39, 0.29) is 0 Å². The van der Waals surface area contributed by atoms with Gasteiger partial charge in [0.1, 0.15) is 0 Å². The van der Waals surface area contributed by atoms with Gasteiger partial charge >= 0.3 is 0 Å². The monoisotopic (exact) mass is 558 g/mol. The van der Waals surface area contributed by atoms with Crippen LogP contribution in [0.25, 0.3) is 81.4 Å². The van der Waals surface area contributed by atoms with E-state index >= 15 is 0 Å². The maximum absolute atomic E-state index is 10.5. The molecule has 4 nitrogen and oxygen atoms in total. The summed E-state index contributed by atoms with van der Waals surface area (Å²) in [5.41, 5.74) is 6.49. The highest BCUT2D eigenvalue weighted by Crippen LogP contribution is 2.41. The van der Waals surface area contributed by atoms with Crippen molar-refractivity contribution in [1.29, 1.82) is 5.26 Å². The SMILES string of the molecule is [C-]#[N+]c1cc(C#N)c(-n2c3ccccc3c3cc4ccccc4cc32)cc1-n1c2ccccc2c2cc3ccccc3cc21. The Bertz CT molecular complexity index is 2560. The van der Waals surface area contributed by atoms with Gasteiger partial charge in [0.15, 0.2) is 0 Å². The van der Waals surface area contributed by atoms with E-state index < -0.39 is 0 Å². The van der Waals surface area contributed by atoms with Crippen molar-refractivity contribution in [3.05, 3.63) is 150 Å². The van der Waals surface area contributed by atoms with Crippen LogP contribution in [-0.2, 0) is 0 Å². The van der Waals surface area contributed by atoms with E-state index in [1.165, 1.54) is 10.8 Å². The quantitative estimate of drug-likeness (QED) is 0.195. The maximum Gasteiger partial charge on any atom is 0.212 e. The molecule has 0 bridgehead atoms. The summed E-state index contributed by atoms with van der Waals surface area (Å²) in [7, 11) is 0. The molecule has 0 radical (unpaired) electrons. The Morgan fingerprint density at radius 1 is 0.477 bits per heavy atom. The zero-order valence-corrected chi connectivity index (χ0v) is 23.5. The number of fused-ring (bicyclic) bond motifs is 8. The number of hydrogen-bond acceptors (Lipinski definition) is 1. The second kappa shape index (κ2) is 9.07. The van der Waals surface area contributed by atoms with Gasteiger partial charge in [0.25, 0.3) is 0 Å². The third-order valence-electron chi connectivity index (χ3n) is 8.90. The molecule has 0 unspecified atom stereocenters. The van der Waals surface area contributed by atoms with Crippen molar-refractivity contribution in [2.75, 3.05) is 0 Å². The van der Waals surface area contributed by atoms with E-state index in [1.807, 2.05) is 18.2 Å². The van der Waals surface area contributed by atoms with Gasteiger partial charge in [-0.3, -0.25) is 0 Å². The van der Waals surface area contributed by atoms with Crippen LogP contribution >= 0.6 is 0 Å². The lowest BCUT2D eigenvalue weighted by Crippen LogP contribution is -2.02. The van der Waals surface area contributed by atoms with Crippen molar-refractivity contribution in [2.24, 2.45) is 0 Å². The van der Waals surface area contributed by atoms with Crippen molar-refractivity contribution < 1.29 is 0 Å². The average molecular weight is 559 g/mol. The molecule has 0 fully saturated rings. The van der Waals surface area contributed by atoms with Gasteiger partial charge in [0, 0.05) is 21.5 Å². The molecule has 2 heterocycles. The first kappa shape index (κ1) is 24.3. The fourth-order valence-corrected chi connectivity index (χ4v) is 6.94. The number of benzene rings is 7. The number of para-hydroxylation sites is 2. The normalized spacial score (nSPS) is 11.6. The molecule has 9 rings (SSSR count). The second-order valence-corrected chi connectivity index (χ2v) is 11.2. The number of nitriles is 1. The van der Waals surface area contributed by atoms with Gasteiger partial charge in [0.05, 0.1) is 51.6 Å². The molecule has 7 aromatic carbocycles. The predicted molar refractivity (Wildman–Crippen MR) is 181 cm³/mol. The van der Waals surface area contributed by atoms with Crippen LogP contribution in [0.15, 0.2) is 133 Å². The van der Waals surface area contributed by atoms with Crippen molar-refractivity contribution in [1.82, 2.24) is 9.13 Å². The summed E-state index contributed by atoms with van der Waals surface area (Å²) in [6.07, 6.45) is 0. The van der Waals surface area contributed by atoms with Crippen LogP contribution in [0.4, 0.5) is 5.69 Å². The Morgan fingerprint density at radius 2 is 0.932 bits per heavy atom. The Labute approximate surface area is 252 Å². The third kappa shape index (κ3) is 3.31. The van der Waals surface area contributed by atoms with Crippen LogP contribution in [0.2, 0.25) is 0 Å². The molecule has 0 aliphatic heterocycles. The Morgan fingerprint density at radius 3 is 1.43 bits per heavy atom. The first-order valence-corrected chi connectivity index (χ1v) is 14.5. The van der Waals surface area contributed by atoms with Crippen LogP contribution in [0.5, 0.6) is 0 Å². The molecular formula is C40H22N4. The molecule has 0 atom stereocenters. The molecule has 0 saturated carbocycles. The van der Waals surface area contributed by atoms with Crippen LogP contribution in [0.1, 0.15) is 5.56 Å². The highest BCUT2D eigenvalue weighted by atomic mass is 15.0. The summed E-state index contributed by atoms with van der Waals surface area (Å²) < 4.78 is 4.38. The number of rotatable bonds is 2. The molecule has 0 spiro atoms. The van der Waals surface area contributed by atoms with E-state index in [1.54, 1.807) is 6.07 Å². The Kier molecular flexibility index (Phi) is 5.00. The molecule has 0 aliphatic rings. The summed E-state index contributed by atoms with van der Waals surface area (Å²) in [4.78, 5) is 3.97. The molecule has 2 aromatic heterocycles. The summed E-state index contributed by atoms with van der Waals surface area (Å²) in [5, 5.41) is 19.6. The van der Waals surface area contributed by atoms with Crippen LogP contribution < -0.4 is 0 Å². The first-order valence-electron chi connectivity index (χ1n) is 14.5. The van der Waals surface area contributed by atoms with Gasteiger partial charge in [-0.05, 0) is 70.1 Å². The molecular weight excluding hydrogens is 536 g/mol. The van der Waals surface area contributed by atoms with Gasteiger partial charge in [0.2, 0.25) is 5.69 Å². The van der Waals surface area contributed by atoms with Crippen LogP contribution in [0.3, 0.4) is 0 Å². The highest BCUT2D eigenvalue weighted by molar-refractivity contribution is 6.15. The first-order chi connectivity index (χ1) is 21.7. The van der Waals surface area contributed by atoms with E-state index in [9.17, 15) is 5.26 Å². The largest absolute Gasteiger partial charge is 0.319 e. The topological polar surface area (TPSA) is 38.0 Å². The lowest BCUT2D eigenvalue weighted by molar-refractivity contribution is 1.13. The van der Waals surface area contributed by atoms with Gasteiger partial charge in [-0.15, -0.1) is 0 Å². The summed E-state index contributed by atoms with van der Waals surface area (Å²) in [6.45, 7) is 8.20. The van der Waals surface area contributed by atoms with E-state index in [2.05, 4.69) is 129 Å². The standard InChI is InChI=1S/C40H22N4/c1-42-34-20-29(24-41)37(43-35-16-8-6-14-30(35)32-18-25-10-2-4-12-27(25)21-38(32)43)23-40(34)44-36-17-9-7-15-31(36)33-19-26-11-3-5-13-28(26)22-39(33)44/h2-23H. The second-order valence-electron chi connectivity index (χ2n) is 11.2. The smallest absolute Gasteiger partial charge is 0.212 e. The minimum absolute atomic E-state index is 0.437. The zero-order valence-electron chi connectivity index (χ0n) is 23.5. The van der Waals surface area contributed by atoms with Crippen molar-refractivity contribution in [3.8, 4) is 17.4 Å². The predicted octanol–water partition coefficient (Wildman–Crippen LogP) is 10.6. The van der Waals surface area contributed by atoms with Crippen molar-refractivity contribution in [2.45, 2.75) is 0 Å². The lowest BCUT2D eigenvalue weighted by atomic mass is 10.1. The van der Waals surface area contributed by atoms with Crippen molar-refractivity contribution in [3.63, 3.8) is 0 Å². The molecule has 9 aromatic rings. The number of aromatic nitrogens is 2. The Hall–Kier alpha value is -6.36. The minimum atomic E-state index is 0.437. The molecule has 44 heavy (non-hydrogen) atoms. The molecule has 202 valence electrons. The fraction of sp³-hybridized carbons (Fsp3) is 0. The molecule has 0 saturated heterocycles. The average Bonchev–Trinajstić information content (AvgIpc) is 3.57. The lowest BCUT2D eigenvalue weighted by Gasteiger charge is -2.16. The van der Waals surface area contributed by atoms with Gasteiger partial charge < -0.3 is 9.13 Å².